The van der Waals surface area contributed by atoms with Crippen LogP contribution in [0.1, 0.15) is 6.92 Å². The Morgan fingerprint density at radius 2 is 1.43 bits per heavy atom. The molecular weight excluding hydrogens is 90.1 g/mol. The Balaban J connectivity index is 3.54. The van der Waals surface area contributed by atoms with Crippen LogP contribution in [0, 0.1) is 0 Å². The Morgan fingerprint density at radius 3 is 1.43 bits per heavy atom. The van der Waals surface area contributed by atoms with E-state index in [2.05, 4.69) is 0 Å². The quantitative estimate of drug-likeness (QED) is 0.321. The molecule has 1 atom stereocenters. The van der Waals surface area contributed by atoms with E-state index in [0.717, 1.165) is 0 Å². The number of rotatable bonds is 1. The minimum Gasteiger partial charge on any atom is -0.806 e. The van der Waals surface area contributed by atoms with E-state index in [1.54, 1.807) is 6.92 Å². The van der Waals surface area contributed by atoms with Crippen molar-refractivity contribution in [3.8, 4) is 0 Å². The zero-order valence-electron chi connectivity index (χ0n) is 5.43. The summed E-state index contributed by atoms with van der Waals surface area (Å²) in [6, 6.07) is 0. The molecule has 0 N–H and O–H groups in total. The summed E-state index contributed by atoms with van der Waals surface area (Å²) >= 11 is 0. The average Bonchev–Trinajstić information content (AvgIpc) is 1.31. The summed E-state index contributed by atoms with van der Waals surface area (Å²) in [7, 11) is 5.66. The molecule has 0 aliphatic heterocycles. The lowest BCUT2D eigenvalue weighted by Crippen LogP contribution is -2.50. The smallest absolute Gasteiger partial charge is 0.0669 e. The van der Waals surface area contributed by atoms with Crippen LogP contribution in [0.25, 0.3) is 0 Å². The monoisotopic (exact) mass is 103 g/mol. The Bertz CT molecular complexity index is 53.6. The standard InChI is InChI=1S/C5H13NO/c1-5(7)6(2,3)4/h5H,1-4H3. The largest absolute Gasteiger partial charge is 0.806 e. The van der Waals surface area contributed by atoms with Gasteiger partial charge in [0.25, 0.3) is 0 Å². The maximum atomic E-state index is 10.5. The van der Waals surface area contributed by atoms with Gasteiger partial charge in [0.15, 0.2) is 0 Å². The van der Waals surface area contributed by atoms with E-state index in [1.807, 2.05) is 21.1 Å². The van der Waals surface area contributed by atoms with Gasteiger partial charge in [0, 0.05) is 6.23 Å². The van der Waals surface area contributed by atoms with Crippen molar-refractivity contribution in [3.63, 3.8) is 0 Å². The lowest BCUT2D eigenvalue weighted by molar-refractivity contribution is -0.966. The van der Waals surface area contributed by atoms with Crippen molar-refractivity contribution in [3.05, 3.63) is 0 Å². The molecule has 2 heteroatoms. The molecule has 0 bridgehead atoms. The molecule has 0 rings (SSSR count). The third-order valence-corrected chi connectivity index (χ3v) is 1.09. The molecular formula is C5H13NO. The van der Waals surface area contributed by atoms with Crippen molar-refractivity contribution in [2.75, 3.05) is 21.1 Å². The summed E-state index contributed by atoms with van der Waals surface area (Å²) in [5, 5.41) is 10.5. The van der Waals surface area contributed by atoms with Gasteiger partial charge < -0.3 is 9.59 Å². The van der Waals surface area contributed by atoms with E-state index in [4.69, 9.17) is 0 Å². The molecule has 0 aliphatic rings. The van der Waals surface area contributed by atoms with Crippen LogP contribution < -0.4 is 5.11 Å². The lowest BCUT2D eigenvalue weighted by Gasteiger charge is -2.35. The van der Waals surface area contributed by atoms with Crippen LogP contribution in [0.5, 0.6) is 0 Å². The van der Waals surface area contributed by atoms with Gasteiger partial charge in [-0.2, -0.15) is 0 Å². The van der Waals surface area contributed by atoms with Gasteiger partial charge in [-0.1, -0.05) is 0 Å². The van der Waals surface area contributed by atoms with E-state index in [-0.39, 0.29) is 0 Å². The first-order valence-corrected chi connectivity index (χ1v) is 2.41. The van der Waals surface area contributed by atoms with Gasteiger partial charge in [0.2, 0.25) is 0 Å². The highest BCUT2D eigenvalue weighted by Gasteiger charge is 2.04. The molecule has 0 heterocycles. The second kappa shape index (κ2) is 1.80. The van der Waals surface area contributed by atoms with Gasteiger partial charge in [0.05, 0.1) is 21.1 Å². The molecule has 0 saturated heterocycles. The molecule has 0 spiro atoms. The van der Waals surface area contributed by atoms with Crippen molar-refractivity contribution in [1.82, 2.24) is 0 Å². The Morgan fingerprint density at radius 1 is 1.29 bits per heavy atom. The summed E-state index contributed by atoms with van der Waals surface area (Å²) < 4.78 is 0.500. The van der Waals surface area contributed by atoms with Crippen molar-refractivity contribution >= 4 is 0 Å². The highest BCUT2D eigenvalue weighted by molar-refractivity contribution is 4.15. The van der Waals surface area contributed by atoms with Crippen LogP contribution in [0.15, 0.2) is 0 Å². The van der Waals surface area contributed by atoms with E-state index in [1.165, 1.54) is 0 Å². The Labute approximate surface area is 45.0 Å². The first-order valence-electron chi connectivity index (χ1n) is 2.41. The van der Waals surface area contributed by atoms with E-state index in [0.29, 0.717) is 4.48 Å². The van der Waals surface area contributed by atoms with E-state index >= 15 is 0 Å². The van der Waals surface area contributed by atoms with Crippen molar-refractivity contribution in [1.29, 1.82) is 0 Å². The lowest BCUT2D eigenvalue weighted by atomic mass is 10.5. The van der Waals surface area contributed by atoms with Crippen molar-refractivity contribution < 1.29 is 9.59 Å². The summed E-state index contributed by atoms with van der Waals surface area (Å²) in [5.41, 5.74) is 0. The normalized spacial score (nSPS) is 16.7. The molecule has 0 saturated carbocycles. The van der Waals surface area contributed by atoms with Crippen LogP contribution in [0.4, 0.5) is 0 Å². The number of hydrogen-bond acceptors (Lipinski definition) is 1. The summed E-state index contributed by atoms with van der Waals surface area (Å²) in [4.78, 5) is 0. The molecule has 0 aromatic heterocycles. The SMILES string of the molecule is CC([O-])[N+](C)(C)C. The van der Waals surface area contributed by atoms with Crippen LogP contribution in [-0.4, -0.2) is 31.9 Å². The van der Waals surface area contributed by atoms with Gasteiger partial charge in [0.1, 0.15) is 0 Å². The second-order valence-electron chi connectivity index (χ2n) is 2.72. The number of hydrogen-bond donors (Lipinski definition) is 0. The predicted octanol–water partition coefficient (Wildman–Crippen LogP) is -0.601. The topological polar surface area (TPSA) is 23.1 Å². The molecule has 0 aliphatic carbocycles. The first kappa shape index (κ1) is 6.92. The molecule has 0 fully saturated rings. The predicted molar refractivity (Wildman–Crippen MR) is 27.5 cm³/mol. The van der Waals surface area contributed by atoms with Crippen molar-refractivity contribution in [2.24, 2.45) is 0 Å². The molecule has 2 nitrogen and oxygen atoms in total. The maximum absolute atomic E-state index is 10.5. The fourth-order valence-electron chi connectivity index (χ4n) is 0. The summed E-state index contributed by atoms with van der Waals surface area (Å²) in [5.74, 6) is 0. The average molecular weight is 103 g/mol. The van der Waals surface area contributed by atoms with Crippen LogP contribution in [0.2, 0.25) is 0 Å². The molecule has 7 heavy (non-hydrogen) atoms. The Hall–Kier alpha value is -0.0800. The van der Waals surface area contributed by atoms with Gasteiger partial charge >= 0.3 is 0 Å². The highest BCUT2D eigenvalue weighted by atomic mass is 16.3. The third-order valence-electron chi connectivity index (χ3n) is 1.09. The van der Waals surface area contributed by atoms with Crippen LogP contribution in [-0.2, 0) is 0 Å². The molecule has 44 valence electrons. The molecule has 0 radical (unpaired) electrons. The highest BCUT2D eigenvalue weighted by Crippen LogP contribution is 1.91. The van der Waals surface area contributed by atoms with E-state index < -0.39 is 6.23 Å². The minimum atomic E-state index is -0.514. The fraction of sp³-hybridized carbons (Fsp3) is 1.00. The van der Waals surface area contributed by atoms with E-state index in [9.17, 15) is 5.11 Å². The zero-order valence-corrected chi connectivity index (χ0v) is 5.43. The summed E-state index contributed by atoms with van der Waals surface area (Å²) in [6.45, 7) is 1.67. The zero-order chi connectivity index (χ0) is 6.08. The molecule has 0 amide bonds. The van der Waals surface area contributed by atoms with Gasteiger partial charge in [-0.25, -0.2) is 0 Å². The minimum absolute atomic E-state index is 0.500. The first-order chi connectivity index (χ1) is 2.94. The van der Waals surface area contributed by atoms with Crippen molar-refractivity contribution in [2.45, 2.75) is 13.2 Å². The maximum Gasteiger partial charge on any atom is 0.0669 e. The molecule has 1 unspecified atom stereocenters. The van der Waals surface area contributed by atoms with Crippen LogP contribution >= 0.6 is 0 Å². The van der Waals surface area contributed by atoms with Gasteiger partial charge in [-0.15, -0.1) is 0 Å². The number of quaternary nitrogens is 1. The van der Waals surface area contributed by atoms with Crippen LogP contribution in [0.3, 0.4) is 0 Å². The molecule has 0 aromatic rings. The fourth-order valence-corrected chi connectivity index (χ4v) is 0. The molecule has 0 aromatic carbocycles. The van der Waals surface area contributed by atoms with Gasteiger partial charge in [-0.05, 0) is 6.92 Å². The third kappa shape index (κ3) is 2.60. The Kier molecular flexibility index (Phi) is 1.78. The second-order valence-corrected chi connectivity index (χ2v) is 2.72. The van der Waals surface area contributed by atoms with Gasteiger partial charge in [-0.3, -0.25) is 0 Å². The number of nitrogens with zero attached hydrogens (tertiary/aromatic N) is 1. The summed E-state index contributed by atoms with van der Waals surface area (Å²) in [6.07, 6.45) is -0.514.